The van der Waals surface area contributed by atoms with Crippen molar-refractivity contribution in [2.75, 3.05) is 6.54 Å². The number of carbonyl (C=O) groups excluding carboxylic acids is 1. The molecule has 2 atom stereocenters. The lowest BCUT2D eigenvalue weighted by Gasteiger charge is -2.32. The number of nitrogens with zero attached hydrogens (tertiary/aromatic N) is 1. The number of carbonyl (C=O) groups is 1. The summed E-state index contributed by atoms with van der Waals surface area (Å²) < 4.78 is 0. The molecular weight excluding hydrogens is 236 g/mol. The highest BCUT2D eigenvalue weighted by molar-refractivity contribution is 5.84. The largest absolute Gasteiger partial charge is 0.326 e. The molecule has 0 saturated carbocycles. The summed E-state index contributed by atoms with van der Waals surface area (Å²) in [6.07, 6.45) is 3.32. The maximum atomic E-state index is 12.5. The molecule has 1 fully saturated rings. The molecule has 1 aliphatic rings. The van der Waals surface area contributed by atoms with E-state index in [0.717, 1.165) is 25.8 Å². The molecule has 0 aliphatic carbocycles. The summed E-state index contributed by atoms with van der Waals surface area (Å²) in [5.41, 5.74) is 0. The summed E-state index contributed by atoms with van der Waals surface area (Å²) in [5.74, 6) is 2.14. The third-order valence-electron chi connectivity index (χ3n) is 4.44. The van der Waals surface area contributed by atoms with Crippen LogP contribution in [0.15, 0.2) is 0 Å². The van der Waals surface area contributed by atoms with Gasteiger partial charge >= 0.3 is 0 Å². The van der Waals surface area contributed by atoms with E-state index in [9.17, 15) is 4.79 Å². The molecule has 1 heterocycles. The van der Waals surface area contributed by atoms with E-state index in [0.29, 0.717) is 23.7 Å². The molecule has 19 heavy (non-hydrogen) atoms. The second kappa shape index (κ2) is 7.28. The molecule has 0 aromatic rings. The third-order valence-corrected chi connectivity index (χ3v) is 4.44. The topological polar surface area (TPSA) is 32.3 Å². The smallest absolute Gasteiger partial charge is 0.241 e. The van der Waals surface area contributed by atoms with Gasteiger partial charge < -0.3 is 4.90 Å². The fraction of sp³-hybridized carbons (Fsp3) is 0.938. The molecule has 1 aliphatic heterocycles. The Morgan fingerprint density at radius 2 is 1.74 bits per heavy atom. The van der Waals surface area contributed by atoms with Crippen molar-refractivity contribution in [2.24, 2.45) is 17.8 Å². The lowest BCUT2D eigenvalue weighted by Crippen LogP contribution is -2.42. The Morgan fingerprint density at radius 1 is 1.16 bits per heavy atom. The molecule has 0 aromatic carbocycles. The highest BCUT2D eigenvalue weighted by Crippen LogP contribution is 2.26. The zero-order chi connectivity index (χ0) is 14.6. The van der Waals surface area contributed by atoms with Crippen molar-refractivity contribution in [3.05, 3.63) is 0 Å². The molecular formula is C16H32N2O. The molecule has 3 heteroatoms. The Morgan fingerprint density at radius 3 is 2.16 bits per heavy atom. The molecule has 2 unspecified atom stereocenters. The van der Waals surface area contributed by atoms with Gasteiger partial charge in [-0.25, -0.2) is 0 Å². The number of rotatable bonds is 7. The van der Waals surface area contributed by atoms with Gasteiger partial charge in [0, 0.05) is 6.54 Å². The van der Waals surface area contributed by atoms with Gasteiger partial charge in [-0.05, 0) is 30.6 Å². The summed E-state index contributed by atoms with van der Waals surface area (Å²) in [7, 11) is 0. The van der Waals surface area contributed by atoms with Crippen molar-refractivity contribution >= 4 is 5.91 Å². The minimum absolute atomic E-state index is 0.0384. The molecule has 1 saturated heterocycles. The van der Waals surface area contributed by atoms with Gasteiger partial charge in [0.15, 0.2) is 0 Å². The van der Waals surface area contributed by atoms with Crippen LogP contribution in [0, 0.1) is 17.8 Å². The highest BCUT2D eigenvalue weighted by atomic mass is 16.2. The maximum Gasteiger partial charge on any atom is 0.241 e. The van der Waals surface area contributed by atoms with Gasteiger partial charge in [0.1, 0.15) is 0 Å². The van der Waals surface area contributed by atoms with Crippen LogP contribution in [0.5, 0.6) is 0 Å². The summed E-state index contributed by atoms with van der Waals surface area (Å²) in [5, 5.41) is 3.50. The zero-order valence-corrected chi connectivity index (χ0v) is 13.6. The van der Waals surface area contributed by atoms with Crippen LogP contribution in [0.25, 0.3) is 0 Å². The van der Waals surface area contributed by atoms with Gasteiger partial charge in [-0.1, -0.05) is 48.0 Å². The van der Waals surface area contributed by atoms with E-state index >= 15 is 0 Å². The van der Waals surface area contributed by atoms with Gasteiger partial charge in [-0.15, -0.1) is 0 Å². The van der Waals surface area contributed by atoms with Crippen molar-refractivity contribution < 1.29 is 4.79 Å². The molecule has 3 nitrogen and oxygen atoms in total. The van der Waals surface area contributed by atoms with Crippen LogP contribution in [0.2, 0.25) is 0 Å². The Balaban J connectivity index is 2.79. The van der Waals surface area contributed by atoms with Crippen LogP contribution >= 0.6 is 0 Å². The summed E-state index contributed by atoms with van der Waals surface area (Å²) in [6, 6.07) is 0.0384. The standard InChI is InChI=1S/C16H32N2O/c1-7-9-15-17-14(8-2)16(19)18(15)10-13(11(3)4)12(5)6/h11-15,17H,7-10H2,1-6H3. The van der Waals surface area contributed by atoms with Crippen molar-refractivity contribution in [3.63, 3.8) is 0 Å². The van der Waals surface area contributed by atoms with Gasteiger partial charge in [-0.3, -0.25) is 10.1 Å². The average molecular weight is 268 g/mol. The Labute approximate surface area is 119 Å². The van der Waals surface area contributed by atoms with Crippen molar-refractivity contribution in [2.45, 2.75) is 73.0 Å². The maximum absolute atomic E-state index is 12.5. The fourth-order valence-electron chi connectivity index (χ4n) is 3.19. The first-order valence-electron chi connectivity index (χ1n) is 7.98. The molecule has 1 rings (SSSR count). The number of amides is 1. The first kappa shape index (κ1) is 16.5. The van der Waals surface area contributed by atoms with Crippen molar-refractivity contribution in [3.8, 4) is 0 Å². The van der Waals surface area contributed by atoms with Gasteiger partial charge in [0.05, 0.1) is 12.2 Å². The van der Waals surface area contributed by atoms with Crippen LogP contribution in [0.3, 0.4) is 0 Å². The van der Waals surface area contributed by atoms with E-state index in [1.165, 1.54) is 0 Å². The van der Waals surface area contributed by atoms with E-state index in [2.05, 4.69) is 51.8 Å². The third kappa shape index (κ3) is 3.95. The average Bonchev–Trinajstić information content (AvgIpc) is 2.62. The van der Waals surface area contributed by atoms with Crippen LogP contribution < -0.4 is 5.32 Å². The van der Waals surface area contributed by atoms with Crippen molar-refractivity contribution in [1.29, 1.82) is 0 Å². The molecule has 1 amide bonds. The van der Waals surface area contributed by atoms with Crippen molar-refractivity contribution in [1.82, 2.24) is 10.2 Å². The van der Waals surface area contributed by atoms with E-state index in [1.54, 1.807) is 0 Å². The number of hydrogen-bond acceptors (Lipinski definition) is 2. The van der Waals surface area contributed by atoms with E-state index in [4.69, 9.17) is 0 Å². The zero-order valence-electron chi connectivity index (χ0n) is 13.6. The lowest BCUT2D eigenvalue weighted by molar-refractivity contribution is -0.131. The second-order valence-electron chi connectivity index (χ2n) is 6.57. The first-order chi connectivity index (χ1) is 8.92. The summed E-state index contributed by atoms with van der Waals surface area (Å²) >= 11 is 0. The van der Waals surface area contributed by atoms with E-state index in [-0.39, 0.29) is 12.2 Å². The summed E-state index contributed by atoms with van der Waals surface area (Å²) in [4.78, 5) is 14.6. The highest BCUT2D eigenvalue weighted by Gasteiger charge is 2.38. The predicted molar refractivity (Wildman–Crippen MR) is 80.8 cm³/mol. The molecule has 0 radical (unpaired) electrons. The van der Waals surface area contributed by atoms with Crippen LogP contribution in [0.1, 0.15) is 60.8 Å². The first-order valence-corrected chi connectivity index (χ1v) is 7.98. The number of nitrogens with one attached hydrogen (secondary N) is 1. The minimum atomic E-state index is 0.0384. The second-order valence-corrected chi connectivity index (χ2v) is 6.57. The molecule has 0 aromatic heterocycles. The normalized spacial score (nSPS) is 24.3. The van der Waals surface area contributed by atoms with E-state index < -0.39 is 0 Å². The molecule has 0 bridgehead atoms. The summed E-state index contributed by atoms with van der Waals surface area (Å²) in [6.45, 7) is 14.3. The Hall–Kier alpha value is -0.570. The quantitative estimate of drug-likeness (QED) is 0.768. The Bertz CT molecular complexity index is 280. The van der Waals surface area contributed by atoms with Crippen LogP contribution in [-0.4, -0.2) is 29.6 Å². The van der Waals surface area contributed by atoms with Crippen LogP contribution in [-0.2, 0) is 4.79 Å². The molecule has 1 N–H and O–H groups in total. The molecule has 112 valence electrons. The monoisotopic (exact) mass is 268 g/mol. The van der Waals surface area contributed by atoms with Crippen LogP contribution in [0.4, 0.5) is 0 Å². The predicted octanol–water partition coefficient (Wildman–Crippen LogP) is 3.25. The van der Waals surface area contributed by atoms with Gasteiger partial charge in [0.25, 0.3) is 0 Å². The lowest BCUT2D eigenvalue weighted by atomic mass is 9.85. The van der Waals surface area contributed by atoms with E-state index in [1.807, 2.05) is 0 Å². The molecule has 0 spiro atoms. The van der Waals surface area contributed by atoms with Gasteiger partial charge in [-0.2, -0.15) is 0 Å². The number of hydrogen-bond donors (Lipinski definition) is 1. The van der Waals surface area contributed by atoms with Gasteiger partial charge in [0.2, 0.25) is 5.91 Å². The SMILES string of the molecule is CCCC1NC(CC)C(=O)N1CC(C(C)C)C(C)C. The minimum Gasteiger partial charge on any atom is -0.326 e. The fourth-order valence-corrected chi connectivity index (χ4v) is 3.19. The Kier molecular flexibility index (Phi) is 6.31.